The van der Waals surface area contributed by atoms with Crippen LogP contribution in [0, 0.1) is 5.82 Å². The second kappa shape index (κ2) is 5.67. The molecule has 18 heavy (non-hydrogen) atoms. The van der Waals surface area contributed by atoms with Gasteiger partial charge in [-0.25, -0.2) is 4.39 Å². The van der Waals surface area contributed by atoms with Gasteiger partial charge in [-0.05, 0) is 50.6 Å². The Hall–Kier alpha value is -1.13. The zero-order valence-corrected chi connectivity index (χ0v) is 11.0. The Morgan fingerprint density at radius 2 is 2.28 bits per heavy atom. The molecular formula is C14H21FN2O. The standard InChI is InChI=1S/C14H21FN2O/c1-10(16-2)13-8-11(15)5-6-14(13)17-7-3-4-12(18)9-17/h5-6,8,10,12,16,18H,3-4,7,9H2,1-2H3. The first-order chi connectivity index (χ1) is 8.61. The Labute approximate surface area is 108 Å². The van der Waals surface area contributed by atoms with Crippen LogP contribution in [0.5, 0.6) is 0 Å². The lowest BCUT2D eigenvalue weighted by molar-refractivity contribution is 0.154. The van der Waals surface area contributed by atoms with Crippen LogP contribution in [-0.4, -0.2) is 31.3 Å². The molecule has 1 aromatic carbocycles. The number of halogens is 1. The monoisotopic (exact) mass is 252 g/mol. The average molecular weight is 252 g/mol. The molecule has 1 aliphatic rings. The van der Waals surface area contributed by atoms with E-state index in [9.17, 15) is 9.50 Å². The molecule has 2 N–H and O–H groups in total. The number of rotatable bonds is 3. The summed E-state index contributed by atoms with van der Waals surface area (Å²) in [7, 11) is 1.87. The van der Waals surface area contributed by atoms with Crippen LogP contribution in [-0.2, 0) is 0 Å². The van der Waals surface area contributed by atoms with Crippen LogP contribution >= 0.6 is 0 Å². The number of piperidine rings is 1. The highest BCUT2D eigenvalue weighted by molar-refractivity contribution is 5.55. The predicted octanol–water partition coefficient (Wildman–Crippen LogP) is 2.07. The molecule has 0 aliphatic carbocycles. The number of benzene rings is 1. The summed E-state index contributed by atoms with van der Waals surface area (Å²) in [6.07, 6.45) is 1.56. The van der Waals surface area contributed by atoms with Gasteiger partial charge >= 0.3 is 0 Å². The summed E-state index contributed by atoms with van der Waals surface area (Å²) in [5, 5.41) is 12.9. The molecule has 0 spiro atoms. The third kappa shape index (κ3) is 2.82. The fraction of sp³-hybridized carbons (Fsp3) is 0.571. The van der Waals surface area contributed by atoms with Gasteiger partial charge in [0.05, 0.1) is 6.10 Å². The first kappa shape index (κ1) is 13.3. The van der Waals surface area contributed by atoms with Crippen molar-refractivity contribution in [1.29, 1.82) is 0 Å². The van der Waals surface area contributed by atoms with E-state index < -0.39 is 0 Å². The van der Waals surface area contributed by atoms with Gasteiger partial charge < -0.3 is 15.3 Å². The molecule has 2 atom stereocenters. The van der Waals surface area contributed by atoms with E-state index >= 15 is 0 Å². The summed E-state index contributed by atoms with van der Waals surface area (Å²) in [6, 6.07) is 4.98. The molecule has 1 heterocycles. The maximum Gasteiger partial charge on any atom is 0.123 e. The lowest BCUT2D eigenvalue weighted by Crippen LogP contribution is -2.39. The van der Waals surface area contributed by atoms with Gasteiger partial charge in [0.1, 0.15) is 5.82 Å². The highest BCUT2D eigenvalue weighted by Gasteiger charge is 2.21. The minimum absolute atomic E-state index is 0.0924. The van der Waals surface area contributed by atoms with E-state index in [1.165, 1.54) is 6.07 Å². The topological polar surface area (TPSA) is 35.5 Å². The number of aliphatic hydroxyl groups excluding tert-OH is 1. The summed E-state index contributed by atoms with van der Waals surface area (Å²) >= 11 is 0. The lowest BCUT2D eigenvalue weighted by atomic mass is 10.0. The van der Waals surface area contributed by atoms with Crippen LogP contribution in [0.3, 0.4) is 0 Å². The van der Waals surface area contributed by atoms with Crippen molar-refractivity contribution in [1.82, 2.24) is 5.32 Å². The molecule has 0 radical (unpaired) electrons. The van der Waals surface area contributed by atoms with Gasteiger partial charge in [0, 0.05) is 24.8 Å². The first-order valence-corrected chi connectivity index (χ1v) is 6.51. The highest BCUT2D eigenvalue weighted by atomic mass is 19.1. The molecule has 1 saturated heterocycles. The van der Waals surface area contributed by atoms with Crippen molar-refractivity contribution in [2.75, 3.05) is 25.0 Å². The van der Waals surface area contributed by atoms with E-state index in [1.807, 2.05) is 20.0 Å². The number of β-amino-alcohol motifs (C(OH)–C–C–N with tert-alkyl or cyclic N) is 1. The number of nitrogens with zero attached hydrogens (tertiary/aromatic N) is 1. The van der Waals surface area contributed by atoms with Crippen molar-refractivity contribution in [3.8, 4) is 0 Å². The Balaban J connectivity index is 2.30. The summed E-state index contributed by atoms with van der Waals surface area (Å²) < 4.78 is 13.4. The van der Waals surface area contributed by atoms with Crippen molar-refractivity contribution < 1.29 is 9.50 Å². The summed E-state index contributed by atoms with van der Waals surface area (Å²) in [6.45, 7) is 3.57. The molecule has 2 rings (SSSR count). The fourth-order valence-electron chi connectivity index (χ4n) is 2.49. The average Bonchev–Trinajstić information content (AvgIpc) is 2.37. The molecule has 1 aliphatic heterocycles. The molecule has 0 aromatic heterocycles. The Morgan fingerprint density at radius 3 is 2.94 bits per heavy atom. The molecule has 4 heteroatoms. The van der Waals surface area contributed by atoms with Crippen LogP contribution in [0.2, 0.25) is 0 Å². The summed E-state index contributed by atoms with van der Waals surface area (Å²) in [4.78, 5) is 2.15. The largest absolute Gasteiger partial charge is 0.391 e. The normalized spacial score (nSPS) is 22.0. The minimum atomic E-state index is -0.276. The van der Waals surface area contributed by atoms with Gasteiger partial charge in [0.15, 0.2) is 0 Å². The van der Waals surface area contributed by atoms with E-state index in [0.717, 1.165) is 30.6 Å². The van der Waals surface area contributed by atoms with Gasteiger partial charge in [-0.1, -0.05) is 0 Å². The number of hydrogen-bond donors (Lipinski definition) is 2. The van der Waals surface area contributed by atoms with E-state index in [2.05, 4.69) is 10.2 Å². The van der Waals surface area contributed by atoms with Crippen molar-refractivity contribution in [2.24, 2.45) is 0 Å². The maximum atomic E-state index is 13.4. The number of nitrogens with one attached hydrogen (secondary N) is 1. The minimum Gasteiger partial charge on any atom is -0.391 e. The second-order valence-corrected chi connectivity index (χ2v) is 4.96. The van der Waals surface area contributed by atoms with Crippen molar-refractivity contribution >= 4 is 5.69 Å². The van der Waals surface area contributed by atoms with E-state index in [4.69, 9.17) is 0 Å². The van der Waals surface area contributed by atoms with Crippen molar-refractivity contribution in [3.63, 3.8) is 0 Å². The van der Waals surface area contributed by atoms with Gasteiger partial charge in [0.2, 0.25) is 0 Å². The summed E-state index contributed by atoms with van der Waals surface area (Å²) in [5.74, 6) is -0.214. The second-order valence-electron chi connectivity index (χ2n) is 4.96. The molecule has 1 aromatic rings. The van der Waals surface area contributed by atoms with Crippen LogP contribution in [0.4, 0.5) is 10.1 Å². The lowest BCUT2D eigenvalue weighted by Gasteiger charge is -2.34. The van der Waals surface area contributed by atoms with Crippen LogP contribution in [0.15, 0.2) is 18.2 Å². The van der Waals surface area contributed by atoms with Gasteiger partial charge in [0.25, 0.3) is 0 Å². The Morgan fingerprint density at radius 1 is 1.50 bits per heavy atom. The molecule has 1 fully saturated rings. The zero-order valence-electron chi connectivity index (χ0n) is 11.0. The molecule has 3 nitrogen and oxygen atoms in total. The van der Waals surface area contributed by atoms with E-state index in [1.54, 1.807) is 6.07 Å². The van der Waals surface area contributed by atoms with Gasteiger partial charge in [-0.3, -0.25) is 0 Å². The third-order valence-corrected chi connectivity index (χ3v) is 3.63. The highest BCUT2D eigenvalue weighted by Crippen LogP contribution is 2.29. The van der Waals surface area contributed by atoms with Crippen LogP contribution in [0.25, 0.3) is 0 Å². The number of hydrogen-bond acceptors (Lipinski definition) is 3. The van der Waals surface area contributed by atoms with E-state index in [-0.39, 0.29) is 18.0 Å². The molecule has 100 valence electrons. The van der Waals surface area contributed by atoms with E-state index in [0.29, 0.717) is 6.54 Å². The fourth-order valence-corrected chi connectivity index (χ4v) is 2.49. The number of anilines is 1. The zero-order chi connectivity index (χ0) is 13.1. The molecule has 0 saturated carbocycles. The molecule has 0 bridgehead atoms. The Kier molecular flexibility index (Phi) is 4.19. The third-order valence-electron chi connectivity index (χ3n) is 3.63. The van der Waals surface area contributed by atoms with Crippen molar-refractivity contribution in [3.05, 3.63) is 29.6 Å². The van der Waals surface area contributed by atoms with Crippen molar-refractivity contribution in [2.45, 2.75) is 31.9 Å². The molecular weight excluding hydrogens is 231 g/mol. The molecule has 2 unspecified atom stereocenters. The first-order valence-electron chi connectivity index (χ1n) is 6.51. The summed E-state index contributed by atoms with van der Waals surface area (Å²) in [5.41, 5.74) is 1.98. The SMILES string of the molecule is CNC(C)c1cc(F)ccc1N1CCCC(O)C1. The van der Waals surface area contributed by atoms with Gasteiger partial charge in [-0.2, -0.15) is 0 Å². The van der Waals surface area contributed by atoms with Crippen LogP contribution in [0.1, 0.15) is 31.4 Å². The molecule has 0 amide bonds. The predicted molar refractivity (Wildman–Crippen MR) is 71.3 cm³/mol. The smallest absolute Gasteiger partial charge is 0.123 e. The van der Waals surface area contributed by atoms with Gasteiger partial charge in [-0.15, -0.1) is 0 Å². The number of aliphatic hydroxyl groups is 1. The maximum absolute atomic E-state index is 13.4. The Bertz CT molecular complexity index is 411. The van der Waals surface area contributed by atoms with Crippen LogP contribution < -0.4 is 10.2 Å². The quantitative estimate of drug-likeness (QED) is 0.864.